The van der Waals surface area contributed by atoms with Gasteiger partial charge in [0.05, 0.1) is 12.1 Å². The smallest absolute Gasteiger partial charge is 0.313 e. The van der Waals surface area contributed by atoms with Crippen LogP contribution in [0.15, 0.2) is 41.0 Å². The van der Waals surface area contributed by atoms with Crippen LogP contribution >= 0.6 is 0 Å². The highest BCUT2D eigenvalue weighted by Gasteiger charge is 2.10. The predicted molar refractivity (Wildman–Crippen MR) is 62.2 cm³/mol. The van der Waals surface area contributed by atoms with Gasteiger partial charge in [-0.3, -0.25) is 4.79 Å². The summed E-state index contributed by atoms with van der Waals surface area (Å²) in [6.07, 6.45) is 1.41. The zero-order chi connectivity index (χ0) is 12.8. The predicted octanol–water partition coefficient (Wildman–Crippen LogP) is 1.95. The number of ether oxygens (including phenoxy) is 1. The fourth-order valence-corrected chi connectivity index (χ4v) is 1.41. The van der Waals surface area contributed by atoms with Gasteiger partial charge in [0.2, 0.25) is 5.89 Å². The fraction of sp³-hybridized carbons (Fsp3) is 0.154. The SMILES string of the molecule is N#CCOC(=O)Cc1coc(-c2ccccc2)n1. The number of nitriles is 1. The quantitative estimate of drug-likeness (QED) is 0.766. The van der Waals surface area contributed by atoms with Gasteiger partial charge in [0.1, 0.15) is 12.3 Å². The molecule has 0 spiro atoms. The summed E-state index contributed by atoms with van der Waals surface area (Å²) in [6, 6.07) is 11.1. The molecule has 90 valence electrons. The van der Waals surface area contributed by atoms with E-state index < -0.39 is 5.97 Å². The van der Waals surface area contributed by atoms with Crippen molar-refractivity contribution in [2.75, 3.05) is 6.61 Å². The molecule has 0 unspecified atom stereocenters. The molecule has 18 heavy (non-hydrogen) atoms. The van der Waals surface area contributed by atoms with Gasteiger partial charge in [-0.15, -0.1) is 0 Å². The minimum absolute atomic E-state index is 0.00197. The van der Waals surface area contributed by atoms with Gasteiger partial charge >= 0.3 is 5.97 Å². The number of aromatic nitrogens is 1. The maximum atomic E-state index is 11.3. The van der Waals surface area contributed by atoms with Crippen molar-refractivity contribution in [1.29, 1.82) is 5.26 Å². The van der Waals surface area contributed by atoms with Crippen LogP contribution in [0.5, 0.6) is 0 Å². The van der Waals surface area contributed by atoms with Crippen molar-refractivity contribution in [3.8, 4) is 17.5 Å². The Morgan fingerprint density at radius 2 is 2.17 bits per heavy atom. The van der Waals surface area contributed by atoms with Gasteiger partial charge in [-0.25, -0.2) is 4.98 Å². The van der Waals surface area contributed by atoms with E-state index in [1.807, 2.05) is 30.3 Å². The summed E-state index contributed by atoms with van der Waals surface area (Å²) < 4.78 is 9.90. The van der Waals surface area contributed by atoms with Crippen LogP contribution in [-0.4, -0.2) is 17.6 Å². The van der Waals surface area contributed by atoms with Crippen LogP contribution in [0, 0.1) is 11.3 Å². The van der Waals surface area contributed by atoms with Crippen LogP contribution in [-0.2, 0) is 16.0 Å². The standard InChI is InChI=1S/C13H10N2O3/c14-6-7-17-12(16)8-11-9-18-13(15-11)10-4-2-1-3-5-10/h1-5,9H,7-8H2. The number of benzene rings is 1. The van der Waals surface area contributed by atoms with E-state index in [9.17, 15) is 4.79 Å². The fourth-order valence-electron chi connectivity index (χ4n) is 1.41. The second kappa shape index (κ2) is 5.64. The van der Waals surface area contributed by atoms with Crippen LogP contribution in [0.25, 0.3) is 11.5 Å². The van der Waals surface area contributed by atoms with Gasteiger partial charge in [-0.1, -0.05) is 18.2 Å². The van der Waals surface area contributed by atoms with Crippen molar-refractivity contribution in [2.24, 2.45) is 0 Å². The lowest BCUT2D eigenvalue weighted by atomic mass is 10.2. The Hall–Kier alpha value is -2.61. The van der Waals surface area contributed by atoms with E-state index in [1.165, 1.54) is 6.26 Å². The van der Waals surface area contributed by atoms with Crippen LogP contribution in [0.1, 0.15) is 5.69 Å². The van der Waals surface area contributed by atoms with Gasteiger partial charge < -0.3 is 9.15 Å². The summed E-state index contributed by atoms with van der Waals surface area (Å²) in [5, 5.41) is 8.27. The zero-order valence-electron chi connectivity index (χ0n) is 9.50. The van der Waals surface area contributed by atoms with Crippen LogP contribution in [0.3, 0.4) is 0 Å². The van der Waals surface area contributed by atoms with Crippen LogP contribution in [0.4, 0.5) is 0 Å². The van der Waals surface area contributed by atoms with Gasteiger partial charge in [0, 0.05) is 5.56 Å². The number of hydrogen-bond acceptors (Lipinski definition) is 5. The Labute approximate surface area is 104 Å². The molecule has 5 nitrogen and oxygen atoms in total. The molecule has 0 saturated heterocycles. The van der Waals surface area contributed by atoms with Gasteiger partial charge in [0.15, 0.2) is 6.61 Å². The molecule has 0 fully saturated rings. The molecule has 0 amide bonds. The summed E-state index contributed by atoms with van der Waals surface area (Å²) in [4.78, 5) is 15.4. The minimum atomic E-state index is -0.496. The molecule has 2 aromatic rings. The van der Waals surface area contributed by atoms with Gasteiger partial charge in [0.25, 0.3) is 0 Å². The second-order valence-corrected chi connectivity index (χ2v) is 3.51. The first-order chi connectivity index (χ1) is 8.79. The van der Waals surface area contributed by atoms with Crippen LogP contribution in [0.2, 0.25) is 0 Å². The number of carbonyl (C=O) groups excluding carboxylic acids is 1. The van der Waals surface area contributed by atoms with Crippen molar-refractivity contribution in [3.05, 3.63) is 42.3 Å². The monoisotopic (exact) mass is 242 g/mol. The first kappa shape index (κ1) is 11.9. The minimum Gasteiger partial charge on any atom is -0.450 e. The Morgan fingerprint density at radius 1 is 1.39 bits per heavy atom. The molecule has 0 aliphatic rings. The van der Waals surface area contributed by atoms with Crippen LogP contribution < -0.4 is 0 Å². The van der Waals surface area contributed by atoms with E-state index in [0.29, 0.717) is 11.6 Å². The number of carbonyl (C=O) groups is 1. The maximum absolute atomic E-state index is 11.3. The average molecular weight is 242 g/mol. The molecule has 1 aromatic carbocycles. The Morgan fingerprint density at radius 3 is 2.89 bits per heavy atom. The van der Waals surface area contributed by atoms with Gasteiger partial charge in [-0.2, -0.15) is 5.26 Å². The molecule has 0 bridgehead atoms. The number of nitrogens with zero attached hydrogens (tertiary/aromatic N) is 2. The molecule has 0 saturated carbocycles. The first-order valence-electron chi connectivity index (χ1n) is 5.32. The molecule has 5 heteroatoms. The second-order valence-electron chi connectivity index (χ2n) is 3.51. The van der Waals surface area contributed by atoms with Crippen molar-refractivity contribution < 1.29 is 13.9 Å². The molecule has 0 atom stereocenters. The topological polar surface area (TPSA) is 76.1 Å². The molecule has 0 radical (unpaired) electrons. The van der Waals surface area contributed by atoms with Crippen molar-refractivity contribution in [1.82, 2.24) is 4.98 Å². The number of oxazole rings is 1. The third-order valence-electron chi connectivity index (χ3n) is 2.20. The van der Waals surface area contributed by atoms with E-state index in [4.69, 9.17) is 9.68 Å². The number of esters is 1. The highest BCUT2D eigenvalue weighted by atomic mass is 16.5. The summed E-state index contributed by atoms with van der Waals surface area (Å²) in [7, 11) is 0. The van der Waals surface area contributed by atoms with E-state index >= 15 is 0 Å². The lowest BCUT2D eigenvalue weighted by Gasteiger charge is -1.96. The molecule has 0 aliphatic heterocycles. The van der Waals surface area contributed by atoms with E-state index in [0.717, 1.165) is 5.56 Å². The van der Waals surface area contributed by atoms with Crippen molar-refractivity contribution in [2.45, 2.75) is 6.42 Å². The number of rotatable bonds is 4. The lowest BCUT2D eigenvalue weighted by Crippen LogP contribution is -2.08. The summed E-state index contributed by atoms with van der Waals surface area (Å²) >= 11 is 0. The van der Waals surface area contributed by atoms with E-state index in [2.05, 4.69) is 9.72 Å². The summed E-state index contributed by atoms with van der Waals surface area (Å²) in [5.74, 6) is -0.0388. The van der Waals surface area contributed by atoms with E-state index in [1.54, 1.807) is 6.07 Å². The normalized spacial score (nSPS) is 9.72. The maximum Gasteiger partial charge on any atom is 0.313 e. The highest BCUT2D eigenvalue weighted by molar-refractivity contribution is 5.72. The van der Waals surface area contributed by atoms with Crippen molar-refractivity contribution >= 4 is 5.97 Å². The summed E-state index contributed by atoms with van der Waals surface area (Å²) in [6.45, 7) is -0.248. The Bertz CT molecular complexity index is 569. The molecule has 2 rings (SSSR count). The lowest BCUT2D eigenvalue weighted by molar-refractivity contribution is -0.141. The van der Waals surface area contributed by atoms with E-state index in [-0.39, 0.29) is 13.0 Å². The molecule has 0 aliphatic carbocycles. The largest absolute Gasteiger partial charge is 0.450 e. The molecular formula is C13H10N2O3. The average Bonchev–Trinajstić information content (AvgIpc) is 2.86. The zero-order valence-corrected chi connectivity index (χ0v) is 9.50. The Balaban J connectivity index is 2.03. The Kier molecular flexibility index (Phi) is 3.72. The highest BCUT2D eigenvalue weighted by Crippen LogP contribution is 2.18. The number of hydrogen-bond donors (Lipinski definition) is 0. The molecule has 1 heterocycles. The first-order valence-corrected chi connectivity index (χ1v) is 5.32. The third kappa shape index (κ3) is 2.95. The summed E-state index contributed by atoms with van der Waals surface area (Å²) in [5.41, 5.74) is 1.32. The molecule has 1 aromatic heterocycles. The molecule has 0 N–H and O–H groups in total. The van der Waals surface area contributed by atoms with Crippen molar-refractivity contribution in [3.63, 3.8) is 0 Å². The third-order valence-corrected chi connectivity index (χ3v) is 2.20. The molecular weight excluding hydrogens is 232 g/mol. The van der Waals surface area contributed by atoms with Gasteiger partial charge in [-0.05, 0) is 12.1 Å².